The van der Waals surface area contributed by atoms with Crippen LogP contribution in [0.1, 0.15) is 24.4 Å². The van der Waals surface area contributed by atoms with Crippen LogP contribution in [0.15, 0.2) is 59.1 Å². The van der Waals surface area contributed by atoms with Crippen molar-refractivity contribution >= 4 is 29.3 Å². The van der Waals surface area contributed by atoms with E-state index in [0.29, 0.717) is 28.4 Å². The number of rotatable bonds is 8. The molecule has 33 heavy (non-hydrogen) atoms. The number of anilines is 2. The van der Waals surface area contributed by atoms with Crippen LogP contribution in [0.25, 0.3) is 11.3 Å². The maximum absolute atomic E-state index is 12.3. The molecule has 172 valence electrons. The summed E-state index contributed by atoms with van der Waals surface area (Å²) in [6.07, 6.45) is 0. The second-order valence-corrected chi connectivity index (χ2v) is 7.49. The van der Waals surface area contributed by atoms with Crippen LogP contribution in [0.4, 0.5) is 16.2 Å². The van der Waals surface area contributed by atoms with E-state index < -0.39 is 23.9 Å². The molecule has 0 aliphatic carbocycles. The van der Waals surface area contributed by atoms with Gasteiger partial charge in [-0.1, -0.05) is 31.1 Å². The molecule has 1 aromatic heterocycles. The van der Waals surface area contributed by atoms with Crippen molar-refractivity contribution < 1.29 is 28.8 Å². The van der Waals surface area contributed by atoms with Crippen molar-refractivity contribution in [1.82, 2.24) is 10.5 Å². The maximum atomic E-state index is 12.3. The van der Waals surface area contributed by atoms with E-state index in [0.717, 1.165) is 0 Å². The average Bonchev–Trinajstić information content (AvgIpc) is 3.28. The van der Waals surface area contributed by atoms with E-state index in [-0.39, 0.29) is 11.7 Å². The van der Waals surface area contributed by atoms with Crippen LogP contribution < -0.4 is 20.7 Å². The van der Waals surface area contributed by atoms with Gasteiger partial charge in [0.25, 0.3) is 5.91 Å². The molecule has 2 aromatic carbocycles. The van der Waals surface area contributed by atoms with Gasteiger partial charge in [-0.3, -0.25) is 4.79 Å². The molecule has 3 aromatic rings. The van der Waals surface area contributed by atoms with Gasteiger partial charge in [-0.2, -0.15) is 0 Å². The zero-order valence-corrected chi connectivity index (χ0v) is 18.3. The van der Waals surface area contributed by atoms with Crippen LogP contribution in [-0.2, 0) is 4.79 Å². The van der Waals surface area contributed by atoms with Gasteiger partial charge in [0, 0.05) is 23.0 Å². The Balaban J connectivity index is 1.60. The Morgan fingerprint density at radius 3 is 2.06 bits per heavy atom. The van der Waals surface area contributed by atoms with Crippen molar-refractivity contribution in [2.45, 2.75) is 19.9 Å². The van der Waals surface area contributed by atoms with Gasteiger partial charge in [-0.15, -0.1) is 0 Å². The van der Waals surface area contributed by atoms with E-state index in [2.05, 4.69) is 21.1 Å². The zero-order chi connectivity index (χ0) is 24.0. The van der Waals surface area contributed by atoms with Crippen LogP contribution in [-0.4, -0.2) is 41.3 Å². The van der Waals surface area contributed by atoms with Gasteiger partial charge in [0.05, 0.1) is 7.11 Å². The van der Waals surface area contributed by atoms with E-state index in [1.54, 1.807) is 69.5 Å². The van der Waals surface area contributed by atoms with Crippen LogP contribution in [0.5, 0.6) is 5.75 Å². The normalized spacial score (nSPS) is 11.5. The Morgan fingerprint density at radius 1 is 0.970 bits per heavy atom. The summed E-state index contributed by atoms with van der Waals surface area (Å²) in [5, 5.41) is 20.9. The molecule has 0 radical (unpaired) electrons. The molecule has 1 unspecified atom stereocenters. The van der Waals surface area contributed by atoms with Crippen LogP contribution in [0.2, 0.25) is 0 Å². The molecule has 10 heteroatoms. The summed E-state index contributed by atoms with van der Waals surface area (Å²) < 4.78 is 10.2. The first-order valence-corrected chi connectivity index (χ1v) is 10.1. The van der Waals surface area contributed by atoms with E-state index in [1.807, 2.05) is 0 Å². The average molecular weight is 452 g/mol. The molecule has 3 rings (SSSR count). The molecule has 4 N–H and O–H groups in total. The molecular formula is C23H24N4O6. The first kappa shape index (κ1) is 23.3. The van der Waals surface area contributed by atoms with Gasteiger partial charge in [-0.25, -0.2) is 9.59 Å². The van der Waals surface area contributed by atoms with Gasteiger partial charge < -0.3 is 30.3 Å². The van der Waals surface area contributed by atoms with Gasteiger partial charge in [0.2, 0.25) is 5.76 Å². The monoisotopic (exact) mass is 452 g/mol. The molecule has 3 amide bonds. The summed E-state index contributed by atoms with van der Waals surface area (Å²) in [5.74, 6) is -1.50. The number of ether oxygens (including phenoxy) is 1. The molecule has 0 aliphatic heterocycles. The number of carboxylic acid groups (broad SMARTS) is 1. The van der Waals surface area contributed by atoms with Crippen molar-refractivity contribution in [2.75, 3.05) is 17.7 Å². The second kappa shape index (κ2) is 10.3. The molecule has 0 saturated heterocycles. The van der Waals surface area contributed by atoms with Gasteiger partial charge in [0.1, 0.15) is 17.5 Å². The number of carboxylic acids is 1. The molecule has 0 fully saturated rings. The highest BCUT2D eigenvalue weighted by Gasteiger charge is 2.25. The third-order valence-electron chi connectivity index (χ3n) is 4.74. The van der Waals surface area contributed by atoms with Crippen molar-refractivity contribution in [3.8, 4) is 17.0 Å². The highest BCUT2D eigenvalue weighted by Crippen LogP contribution is 2.22. The zero-order valence-electron chi connectivity index (χ0n) is 18.3. The van der Waals surface area contributed by atoms with Gasteiger partial charge in [0.15, 0.2) is 0 Å². The van der Waals surface area contributed by atoms with Gasteiger partial charge in [-0.05, 0) is 42.3 Å². The Bertz CT molecular complexity index is 1120. The summed E-state index contributed by atoms with van der Waals surface area (Å²) in [5.41, 5.74) is 2.21. The summed E-state index contributed by atoms with van der Waals surface area (Å²) in [6.45, 7) is 3.38. The molecule has 1 atom stereocenters. The maximum Gasteiger partial charge on any atom is 0.326 e. The van der Waals surface area contributed by atoms with Crippen molar-refractivity contribution in [3.05, 3.63) is 60.4 Å². The number of aliphatic carboxylic acids is 1. The van der Waals surface area contributed by atoms with E-state index in [9.17, 15) is 19.5 Å². The smallest absolute Gasteiger partial charge is 0.326 e. The quantitative estimate of drug-likeness (QED) is 0.407. The van der Waals surface area contributed by atoms with E-state index in [4.69, 9.17) is 9.26 Å². The molecule has 0 spiro atoms. The fourth-order valence-electron chi connectivity index (χ4n) is 2.94. The number of nitrogens with zero attached hydrogens (tertiary/aromatic N) is 1. The first-order chi connectivity index (χ1) is 15.8. The summed E-state index contributed by atoms with van der Waals surface area (Å²) in [6, 6.07) is 13.7. The summed E-state index contributed by atoms with van der Waals surface area (Å²) >= 11 is 0. The van der Waals surface area contributed by atoms with E-state index in [1.165, 1.54) is 6.07 Å². The highest BCUT2D eigenvalue weighted by molar-refractivity contribution is 6.00. The number of methoxy groups -OCH3 is 1. The number of hydrogen-bond donors (Lipinski definition) is 4. The fourth-order valence-corrected chi connectivity index (χ4v) is 2.94. The Hall–Kier alpha value is -4.34. The minimum absolute atomic E-state index is 0.0991. The molecular weight excluding hydrogens is 428 g/mol. The number of hydrogen-bond acceptors (Lipinski definition) is 6. The number of benzene rings is 2. The predicted molar refractivity (Wildman–Crippen MR) is 121 cm³/mol. The standard InChI is InChI=1S/C23H24N4O6/c1-13(2)20(22(29)30)26-21(28)19-12-18(27-33-19)14-4-6-15(7-5-14)24-23(31)25-16-8-10-17(32-3)11-9-16/h4-13,20H,1-3H3,(H,26,28)(H,29,30)(H2,24,25,31). The molecule has 0 bridgehead atoms. The van der Waals surface area contributed by atoms with Crippen LogP contribution >= 0.6 is 0 Å². The van der Waals surface area contributed by atoms with Crippen LogP contribution in [0, 0.1) is 5.92 Å². The number of amides is 3. The Labute approximate surface area is 189 Å². The minimum atomic E-state index is -1.13. The highest BCUT2D eigenvalue weighted by atomic mass is 16.5. The topological polar surface area (TPSA) is 143 Å². The lowest BCUT2D eigenvalue weighted by molar-refractivity contribution is -0.140. The first-order valence-electron chi connectivity index (χ1n) is 10.1. The van der Waals surface area contributed by atoms with Gasteiger partial charge >= 0.3 is 12.0 Å². The number of urea groups is 1. The number of carbonyl (C=O) groups excluding carboxylic acids is 2. The SMILES string of the molecule is COc1ccc(NC(=O)Nc2ccc(-c3cc(C(=O)NC(C(=O)O)C(C)C)on3)cc2)cc1. The van der Waals surface area contributed by atoms with Crippen molar-refractivity contribution in [3.63, 3.8) is 0 Å². The third-order valence-corrected chi connectivity index (χ3v) is 4.74. The number of nitrogens with one attached hydrogen (secondary N) is 3. The summed E-state index contributed by atoms with van der Waals surface area (Å²) in [4.78, 5) is 35.8. The Kier molecular flexibility index (Phi) is 7.29. The largest absolute Gasteiger partial charge is 0.497 e. The molecule has 0 saturated carbocycles. The van der Waals surface area contributed by atoms with Crippen molar-refractivity contribution in [1.29, 1.82) is 0 Å². The molecule has 0 aliphatic rings. The Morgan fingerprint density at radius 2 is 1.55 bits per heavy atom. The van der Waals surface area contributed by atoms with E-state index >= 15 is 0 Å². The summed E-state index contributed by atoms with van der Waals surface area (Å²) in [7, 11) is 1.56. The van der Waals surface area contributed by atoms with Crippen molar-refractivity contribution in [2.24, 2.45) is 5.92 Å². The number of carbonyl (C=O) groups is 3. The second-order valence-electron chi connectivity index (χ2n) is 7.49. The lowest BCUT2D eigenvalue weighted by Gasteiger charge is -2.16. The predicted octanol–water partition coefficient (Wildman–Crippen LogP) is 3.83. The minimum Gasteiger partial charge on any atom is -0.497 e. The number of aromatic nitrogens is 1. The van der Waals surface area contributed by atoms with Crippen LogP contribution in [0.3, 0.4) is 0 Å². The fraction of sp³-hybridized carbons (Fsp3) is 0.217. The lowest BCUT2D eigenvalue weighted by atomic mass is 10.0. The third kappa shape index (κ3) is 6.10. The molecule has 10 nitrogen and oxygen atoms in total. The lowest BCUT2D eigenvalue weighted by Crippen LogP contribution is -2.44. The molecule has 1 heterocycles.